The molecule has 0 unspecified atom stereocenters. The highest BCUT2D eigenvalue weighted by Gasteiger charge is 2.15. The van der Waals surface area contributed by atoms with Gasteiger partial charge in [0.15, 0.2) is 0 Å². The molecule has 0 bridgehead atoms. The van der Waals surface area contributed by atoms with Crippen molar-refractivity contribution in [3.05, 3.63) is 65.2 Å². The molecule has 2 heterocycles. The molecule has 7 nitrogen and oxygen atoms in total. The summed E-state index contributed by atoms with van der Waals surface area (Å²) < 4.78 is 18.6. The summed E-state index contributed by atoms with van der Waals surface area (Å²) in [6.07, 6.45) is 4.88. The summed E-state index contributed by atoms with van der Waals surface area (Å²) in [4.78, 5) is 23.5. The molecule has 1 aliphatic rings. The number of hydrogen-bond acceptors (Lipinski definition) is 6. The Hall–Kier alpha value is -3.07. The summed E-state index contributed by atoms with van der Waals surface area (Å²) in [5.41, 5.74) is 3.08. The Bertz CT molecular complexity index is 1180. The van der Waals surface area contributed by atoms with Crippen molar-refractivity contribution in [3.63, 3.8) is 0 Å². The third kappa shape index (κ3) is 6.04. The van der Waals surface area contributed by atoms with Crippen LogP contribution in [0, 0.1) is 5.82 Å². The Kier molecular flexibility index (Phi) is 7.49. The van der Waals surface area contributed by atoms with E-state index in [0.717, 1.165) is 50.0 Å². The van der Waals surface area contributed by atoms with Crippen LogP contribution < -0.4 is 10.6 Å². The van der Waals surface area contributed by atoms with Crippen LogP contribution in [0.3, 0.4) is 0 Å². The van der Waals surface area contributed by atoms with Crippen LogP contribution in [0.5, 0.6) is 0 Å². The van der Waals surface area contributed by atoms with Gasteiger partial charge >= 0.3 is 0 Å². The number of rotatable bonds is 7. The van der Waals surface area contributed by atoms with Crippen LogP contribution in [-0.2, 0) is 9.53 Å². The highest BCUT2D eigenvalue weighted by atomic mass is 35.5. The number of fused-ring (bicyclic) bond motifs is 1. The lowest BCUT2D eigenvalue weighted by Gasteiger charge is -2.27. The third-order valence-electron chi connectivity index (χ3n) is 5.53. The fourth-order valence-corrected chi connectivity index (χ4v) is 3.92. The summed E-state index contributed by atoms with van der Waals surface area (Å²) in [7, 11) is 1.70. The molecule has 0 radical (unpaired) electrons. The Balaban J connectivity index is 1.46. The van der Waals surface area contributed by atoms with Gasteiger partial charge in [-0.25, -0.2) is 14.4 Å². The van der Waals surface area contributed by atoms with Crippen molar-refractivity contribution in [2.45, 2.75) is 12.8 Å². The Morgan fingerprint density at radius 2 is 1.97 bits per heavy atom. The number of nitrogens with zero attached hydrogens (tertiary/aromatic N) is 3. The van der Waals surface area contributed by atoms with Crippen LogP contribution >= 0.6 is 11.6 Å². The van der Waals surface area contributed by atoms with Crippen LogP contribution in [-0.4, -0.2) is 54.1 Å². The number of benzene rings is 2. The van der Waals surface area contributed by atoms with Crippen molar-refractivity contribution in [2.75, 3.05) is 44.0 Å². The minimum Gasteiger partial charge on any atom is -0.383 e. The van der Waals surface area contributed by atoms with E-state index in [1.54, 1.807) is 25.3 Å². The summed E-state index contributed by atoms with van der Waals surface area (Å²) in [5.74, 6) is -0.124. The highest BCUT2D eigenvalue weighted by molar-refractivity contribution is 6.31. The second-order valence-electron chi connectivity index (χ2n) is 7.83. The number of likely N-dealkylation sites (tertiary alicyclic amines) is 1. The molecule has 1 aliphatic heterocycles. The Labute approximate surface area is 196 Å². The molecule has 0 aliphatic carbocycles. The van der Waals surface area contributed by atoms with Gasteiger partial charge in [0.05, 0.1) is 17.1 Å². The van der Waals surface area contributed by atoms with E-state index in [-0.39, 0.29) is 10.9 Å². The molecular formula is C24H25ClFN5O2. The van der Waals surface area contributed by atoms with E-state index < -0.39 is 5.82 Å². The van der Waals surface area contributed by atoms with Crippen molar-refractivity contribution < 1.29 is 13.9 Å². The van der Waals surface area contributed by atoms with Gasteiger partial charge in [-0.05, 0) is 49.2 Å². The van der Waals surface area contributed by atoms with E-state index in [2.05, 4.69) is 25.5 Å². The number of anilines is 3. The van der Waals surface area contributed by atoms with E-state index in [0.29, 0.717) is 22.7 Å². The predicted molar refractivity (Wildman–Crippen MR) is 128 cm³/mol. The summed E-state index contributed by atoms with van der Waals surface area (Å²) in [6.45, 7) is 3.49. The molecular weight excluding hydrogens is 445 g/mol. The third-order valence-corrected chi connectivity index (χ3v) is 5.82. The number of ether oxygens (including phenoxy) is 1. The van der Waals surface area contributed by atoms with E-state index in [1.165, 1.54) is 18.5 Å². The van der Waals surface area contributed by atoms with Gasteiger partial charge < -0.3 is 20.3 Å². The van der Waals surface area contributed by atoms with Crippen LogP contribution in [0.4, 0.5) is 21.6 Å². The maximum Gasteiger partial charge on any atom is 0.248 e. The number of hydrogen-bond donors (Lipinski definition) is 2. The molecule has 33 heavy (non-hydrogen) atoms. The number of carbonyl (C=O) groups is 1. The molecule has 2 N–H and O–H groups in total. The summed E-state index contributed by atoms with van der Waals surface area (Å²) >= 11 is 5.88. The van der Waals surface area contributed by atoms with E-state index >= 15 is 0 Å². The van der Waals surface area contributed by atoms with Crippen molar-refractivity contribution in [1.82, 2.24) is 14.9 Å². The van der Waals surface area contributed by atoms with Crippen LogP contribution in [0.1, 0.15) is 12.8 Å². The molecule has 3 aromatic rings. The largest absolute Gasteiger partial charge is 0.383 e. The van der Waals surface area contributed by atoms with Crippen LogP contribution in [0.15, 0.2) is 54.4 Å². The van der Waals surface area contributed by atoms with Crippen molar-refractivity contribution in [3.8, 4) is 0 Å². The normalized spacial score (nSPS) is 14.3. The summed E-state index contributed by atoms with van der Waals surface area (Å²) in [6, 6.07) is 9.78. The molecule has 0 spiro atoms. The lowest BCUT2D eigenvalue weighted by Crippen LogP contribution is -2.33. The molecule has 9 heteroatoms. The van der Waals surface area contributed by atoms with Gasteiger partial charge in [0.2, 0.25) is 5.91 Å². The first-order chi connectivity index (χ1) is 16.0. The van der Waals surface area contributed by atoms with Crippen molar-refractivity contribution >= 4 is 45.6 Å². The van der Waals surface area contributed by atoms with Gasteiger partial charge in [0, 0.05) is 49.6 Å². The van der Waals surface area contributed by atoms with Crippen molar-refractivity contribution in [2.24, 2.45) is 0 Å². The first kappa shape index (κ1) is 23.1. The number of nitrogens with one attached hydrogen (secondary N) is 2. The molecule has 1 amide bonds. The number of piperidine rings is 1. The van der Waals surface area contributed by atoms with Gasteiger partial charge in [-0.2, -0.15) is 0 Å². The molecule has 2 aromatic carbocycles. The zero-order valence-electron chi connectivity index (χ0n) is 18.3. The average molecular weight is 470 g/mol. The lowest BCUT2D eigenvalue weighted by atomic mass is 10.0. The maximum absolute atomic E-state index is 13.5. The minimum atomic E-state index is -0.491. The number of aromatic nitrogens is 2. The highest BCUT2D eigenvalue weighted by Crippen LogP contribution is 2.28. The van der Waals surface area contributed by atoms with E-state index in [9.17, 15) is 9.18 Å². The summed E-state index contributed by atoms with van der Waals surface area (Å²) in [5, 5.41) is 6.81. The molecule has 172 valence electrons. The molecule has 1 fully saturated rings. The standard InChI is InChI=1S/C24H25ClFN5O2/c1-33-11-10-31-8-6-16(7-9-31)12-23(32)29-17-3-5-22-19(13-17)24(28-15-27-22)30-18-2-4-21(26)20(25)14-18/h2-5,12-15H,6-11H2,1H3,(H,29,32)(H,27,28,30). The molecule has 4 rings (SSSR count). The van der Waals surface area contributed by atoms with Crippen molar-refractivity contribution in [1.29, 1.82) is 0 Å². The number of carbonyl (C=O) groups excluding carboxylic acids is 1. The quantitative estimate of drug-likeness (QED) is 0.485. The minimum absolute atomic E-state index is 0.0175. The first-order valence-corrected chi connectivity index (χ1v) is 11.1. The van der Waals surface area contributed by atoms with Crippen LogP contribution in [0.2, 0.25) is 5.02 Å². The molecule has 0 atom stereocenters. The van der Waals surface area contributed by atoms with Gasteiger partial charge in [0.25, 0.3) is 0 Å². The Morgan fingerprint density at radius 3 is 2.73 bits per heavy atom. The number of halogens is 2. The second-order valence-corrected chi connectivity index (χ2v) is 8.24. The van der Waals surface area contributed by atoms with E-state index in [4.69, 9.17) is 16.3 Å². The van der Waals surface area contributed by atoms with E-state index in [1.807, 2.05) is 12.1 Å². The molecule has 0 saturated carbocycles. The smallest absolute Gasteiger partial charge is 0.248 e. The van der Waals surface area contributed by atoms with Gasteiger partial charge in [-0.1, -0.05) is 17.2 Å². The second kappa shape index (κ2) is 10.7. The average Bonchev–Trinajstić information content (AvgIpc) is 2.81. The molecule has 1 aromatic heterocycles. The van der Waals surface area contributed by atoms with Gasteiger partial charge in [-0.15, -0.1) is 0 Å². The lowest BCUT2D eigenvalue weighted by molar-refractivity contribution is -0.112. The monoisotopic (exact) mass is 469 g/mol. The fourth-order valence-electron chi connectivity index (χ4n) is 3.74. The first-order valence-electron chi connectivity index (χ1n) is 10.7. The zero-order valence-corrected chi connectivity index (χ0v) is 19.0. The topological polar surface area (TPSA) is 79.4 Å². The molecule has 1 saturated heterocycles. The maximum atomic E-state index is 13.5. The van der Waals surface area contributed by atoms with Gasteiger partial charge in [-0.3, -0.25) is 4.79 Å². The number of methoxy groups -OCH3 is 1. The number of amides is 1. The van der Waals surface area contributed by atoms with Crippen LogP contribution in [0.25, 0.3) is 10.9 Å². The predicted octanol–water partition coefficient (Wildman–Crippen LogP) is 4.77. The van der Waals surface area contributed by atoms with Gasteiger partial charge in [0.1, 0.15) is 18.0 Å². The Morgan fingerprint density at radius 1 is 1.18 bits per heavy atom. The SMILES string of the molecule is COCCN1CCC(=CC(=O)Nc2ccc3ncnc(Nc4ccc(F)c(Cl)c4)c3c2)CC1. The zero-order chi connectivity index (χ0) is 23.2. The fraction of sp³-hybridized carbons (Fsp3) is 0.292.